The zero-order valence-corrected chi connectivity index (χ0v) is 12.3. The fourth-order valence-electron chi connectivity index (χ4n) is 1.85. The maximum absolute atomic E-state index is 13.7. The summed E-state index contributed by atoms with van der Waals surface area (Å²) < 4.78 is 39.4. The topological polar surface area (TPSA) is 49.4 Å². The van der Waals surface area contributed by atoms with Crippen LogP contribution < -0.4 is 5.32 Å². The summed E-state index contributed by atoms with van der Waals surface area (Å²) in [5, 5.41) is 3.18. The molecule has 0 atom stereocenters. The Bertz CT molecular complexity index is 597. The van der Waals surface area contributed by atoms with Gasteiger partial charge < -0.3 is 5.32 Å². The molecule has 0 amide bonds. The average Bonchev–Trinajstić information content (AvgIpc) is 3.22. The number of hydrogen-bond donors (Lipinski definition) is 1. The van der Waals surface area contributed by atoms with Crippen molar-refractivity contribution in [1.82, 2.24) is 9.62 Å². The van der Waals surface area contributed by atoms with Gasteiger partial charge in [-0.3, -0.25) is 0 Å². The Morgan fingerprint density at radius 2 is 2.20 bits per heavy atom. The van der Waals surface area contributed by atoms with Crippen molar-refractivity contribution in [2.45, 2.75) is 30.3 Å². The predicted octanol–water partition coefficient (Wildman–Crippen LogP) is 1.88. The lowest BCUT2D eigenvalue weighted by atomic mass is 10.2. The van der Waals surface area contributed by atoms with Gasteiger partial charge in [0.1, 0.15) is 5.82 Å². The Balaban J connectivity index is 2.22. The number of benzene rings is 1. The third-order valence-electron chi connectivity index (χ3n) is 3.27. The maximum Gasteiger partial charge on any atom is 0.243 e. The lowest BCUT2D eigenvalue weighted by Gasteiger charge is -2.16. The molecular formula is C14H19FN2O2S. The summed E-state index contributed by atoms with van der Waals surface area (Å²) in [5.41, 5.74) is 0.380. The lowest BCUT2D eigenvalue weighted by Crippen LogP contribution is -2.27. The van der Waals surface area contributed by atoms with Crippen molar-refractivity contribution in [2.24, 2.45) is 0 Å². The Morgan fingerprint density at radius 1 is 1.50 bits per heavy atom. The van der Waals surface area contributed by atoms with Crippen molar-refractivity contribution >= 4 is 10.0 Å². The standard InChI is InChI=1S/C14H19FN2O2S/c1-3-8-17(2)20(18,19)13-6-7-14(15)11(9-13)10-16-12-4-5-12/h3,6-7,9,12,16H,1,4-5,8,10H2,2H3. The van der Waals surface area contributed by atoms with Crippen LogP contribution in [0.25, 0.3) is 0 Å². The first kappa shape index (κ1) is 15.2. The molecule has 0 radical (unpaired) electrons. The average molecular weight is 298 g/mol. The van der Waals surface area contributed by atoms with Gasteiger partial charge >= 0.3 is 0 Å². The molecule has 20 heavy (non-hydrogen) atoms. The summed E-state index contributed by atoms with van der Waals surface area (Å²) in [6.07, 6.45) is 3.71. The molecule has 1 fully saturated rings. The molecule has 0 saturated heterocycles. The molecule has 1 aromatic rings. The molecule has 1 aliphatic rings. The summed E-state index contributed by atoms with van der Waals surface area (Å²) in [6, 6.07) is 4.35. The van der Waals surface area contributed by atoms with E-state index in [9.17, 15) is 12.8 Å². The first-order valence-corrected chi connectivity index (χ1v) is 7.98. The summed E-state index contributed by atoms with van der Waals surface area (Å²) in [4.78, 5) is 0.107. The highest BCUT2D eigenvalue weighted by molar-refractivity contribution is 7.89. The largest absolute Gasteiger partial charge is 0.310 e. The number of nitrogens with one attached hydrogen (secondary N) is 1. The van der Waals surface area contributed by atoms with Crippen LogP contribution in [-0.4, -0.2) is 32.4 Å². The fraction of sp³-hybridized carbons (Fsp3) is 0.429. The molecule has 0 bridgehead atoms. The summed E-state index contributed by atoms with van der Waals surface area (Å²) in [5.74, 6) is -0.386. The molecular weight excluding hydrogens is 279 g/mol. The van der Waals surface area contributed by atoms with Crippen LogP contribution in [0.5, 0.6) is 0 Å². The number of hydrogen-bond acceptors (Lipinski definition) is 3. The number of halogens is 1. The van der Waals surface area contributed by atoms with Gasteiger partial charge in [0, 0.05) is 31.7 Å². The van der Waals surface area contributed by atoms with Crippen LogP contribution >= 0.6 is 0 Å². The SMILES string of the molecule is C=CCN(C)S(=O)(=O)c1ccc(F)c(CNC2CC2)c1. The molecule has 0 heterocycles. The molecule has 0 aliphatic heterocycles. The van der Waals surface area contributed by atoms with Crippen LogP contribution in [0, 0.1) is 5.82 Å². The Hall–Kier alpha value is -1.24. The third-order valence-corrected chi connectivity index (χ3v) is 5.09. The van der Waals surface area contributed by atoms with E-state index in [4.69, 9.17) is 0 Å². The van der Waals surface area contributed by atoms with Crippen LogP contribution in [0.4, 0.5) is 4.39 Å². The van der Waals surface area contributed by atoms with Crippen LogP contribution in [0.2, 0.25) is 0 Å². The number of likely N-dealkylation sites (N-methyl/N-ethyl adjacent to an activating group) is 1. The Kier molecular flexibility index (Phi) is 4.57. The van der Waals surface area contributed by atoms with Crippen molar-refractivity contribution < 1.29 is 12.8 Å². The van der Waals surface area contributed by atoms with Crippen LogP contribution in [0.3, 0.4) is 0 Å². The zero-order valence-electron chi connectivity index (χ0n) is 11.5. The molecule has 0 spiro atoms. The van der Waals surface area contributed by atoms with Crippen LogP contribution in [0.15, 0.2) is 35.7 Å². The minimum Gasteiger partial charge on any atom is -0.310 e. The molecule has 0 unspecified atom stereocenters. The quantitative estimate of drug-likeness (QED) is 0.782. The molecule has 2 rings (SSSR count). The predicted molar refractivity (Wildman–Crippen MR) is 76.3 cm³/mol. The van der Waals surface area contributed by atoms with Gasteiger partial charge in [0.25, 0.3) is 0 Å². The van der Waals surface area contributed by atoms with E-state index in [2.05, 4.69) is 11.9 Å². The van der Waals surface area contributed by atoms with Crippen molar-refractivity contribution in [1.29, 1.82) is 0 Å². The van der Waals surface area contributed by atoms with Crippen molar-refractivity contribution in [2.75, 3.05) is 13.6 Å². The van der Waals surface area contributed by atoms with E-state index < -0.39 is 10.0 Å². The summed E-state index contributed by atoms with van der Waals surface area (Å²) >= 11 is 0. The van der Waals surface area contributed by atoms with Crippen molar-refractivity contribution in [3.05, 3.63) is 42.2 Å². The molecule has 1 N–H and O–H groups in total. The molecule has 1 saturated carbocycles. The van der Waals surface area contributed by atoms with Crippen LogP contribution in [0.1, 0.15) is 18.4 Å². The molecule has 1 aromatic carbocycles. The van der Waals surface area contributed by atoms with E-state index in [1.165, 1.54) is 35.6 Å². The third kappa shape index (κ3) is 3.45. The fourth-order valence-corrected chi connectivity index (χ4v) is 3.04. The van der Waals surface area contributed by atoms with E-state index in [0.717, 1.165) is 12.8 Å². The zero-order chi connectivity index (χ0) is 14.8. The Morgan fingerprint density at radius 3 is 2.80 bits per heavy atom. The summed E-state index contributed by atoms with van der Waals surface area (Å²) in [6.45, 7) is 4.09. The van der Waals surface area contributed by atoms with E-state index in [-0.39, 0.29) is 17.3 Å². The molecule has 6 heteroatoms. The number of sulfonamides is 1. The second-order valence-electron chi connectivity index (χ2n) is 4.98. The highest BCUT2D eigenvalue weighted by Crippen LogP contribution is 2.22. The highest BCUT2D eigenvalue weighted by Gasteiger charge is 2.23. The first-order valence-electron chi connectivity index (χ1n) is 6.54. The van der Waals surface area contributed by atoms with Crippen molar-refractivity contribution in [3.63, 3.8) is 0 Å². The van der Waals surface area contributed by atoms with Gasteiger partial charge in [0.15, 0.2) is 0 Å². The highest BCUT2D eigenvalue weighted by atomic mass is 32.2. The van der Waals surface area contributed by atoms with E-state index in [0.29, 0.717) is 18.2 Å². The lowest BCUT2D eigenvalue weighted by molar-refractivity contribution is 0.498. The maximum atomic E-state index is 13.7. The minimum absolute atomic E-state index is 0.107. The van der Waals surface area contributed by atoms with Gasteiger partial charge in [0.05, 0.1) is 4.90 Å². The van der Waals surface area contributed by atoms with Gasteiger partial charge in [-0.05, 0) is 31.0 Å². The molecule has 0 aromatic heterocycles. The smallest absolute Gasteiger partial charge is 0.243 e. The van der Waals surface area contributed by atoms with E-state index in [1.54, 1.807) is 0 Å². The van der Waals surface area contributed by atoms with Crippen molar-refractivity contribution in [3.8, 4) is 0 Å². The van der Waals surface area contributed by atoms with Gasteiger partial charge in [-0.1, -0.05) is 6.08 Å². The second-order valence-corrected chi connectivity index (χ2v) is 7.03. The molecule has 4 nitrogen and oxygen atoms in total. The second kappa shape index (κ2) is 6.03. The van der Waals surface area contributed by atoms with E-state index in [1.807, 2.05) is 0 Å². The van der Waals surface area contributed by atoms with Gasteiger partial charge in [0.2, 0.25) is 10.0 Å². The minimum atomic E-state index is -3.60. The molecule has 110 valence electrons. The van der Waals surface area contributed by atoms with Gasteiger partial charge in [-0.15, -0.1) is 6.58 Å². The first-order chi connectivity index (χ1) is 9.45. The van der Waals surface area contributed by atoms with Gasteiger partial charge in [-0.2, -0.15) is 4.31 Å². The summed E-state index contributed by atoms with van der Waals surface area (Å²) in [7, 11) is -2.12. The monoisotopic (exact) mass is 298 g/mol. The van der Waals surface area contributed by atoms with Gasteiger partial charge in [-0.25, -0.2) is 12.8 Å². The van der Waals surface area contributed by atoms with Crippen LogP contribution in [-0.2, 0) is 16.6 Å². The normalized spacial score (nSPS) is 15.6. The number of rotatable bonds is 7. The van der Waals surface area contributed by atoms with E-state index >= 15 is 0 Å². The molecule has 1 aliphatic carbocycles. The Labute approximate surface area is 119 Å². The number of nitrogens with zero attached hydrogens (tertiary/aromatic N) is 1.